The van der Waals surface area contributed by atoms with Crippen molar-refractivity contribution < 1.29 is 14.6 Å². The Bertz CT molecular complexity index is 547. The van der Waals surface area contributed by atoms with E-state index in [0.717, 1.165) is 24.2 Å². The molecule has 0 bridgehead atoms. The number of ether oxygens (including phenoxy) is 2. The van der Waals surface area contributed by atoms with Gasteiger partial charge in [0.25, 0.3) is 0 Å². The van der Waals surface area contributed by atoms with Gasteiger partial charge in [-0.1, -0.05) is 42.5 Å². The van der Waals surface area contributed by atoms with E-state index in [2.05, 4.69) is 0 Å². The first kappa shape index (κ1) is 12.1. The summed E-state index contributed by atoms with van der Waals surface area (Å²) in [6, 6.07) is 15.4. The van der Waals surface area contributed by atoms with E-state index in [1.165, 1.54) is 0 Å². The van der Waals surface area contributed by atoms with Crippen LogP contribution < -0.4 is 4.74 Å². The molecule has 2 aromatic carbocycles. The van der Waals surface area contributed by atoms with Crippen molar-refractivity contribution in [3.05, 3.63) is 59.7 Å². The number of para-hydroxylation sites is 1. The lowest BCUT2D eigenvalue weighted by Crippen LogP contribution is -2.01. The second-order valence-electron chi connectivity index (χ2n) is 4.70. The van der Waals surface area contributed by atoms with Gasteiger partial charge in [0.2, 0.25) is 0 Å². The molecule has 98 valence electrons. The number of rotatable bonds is 5. The fraction of sp³-hybridized carbons (Fsp3) is 0.250. The zero-order valence-electron chi connectivity index (χ0n) is 10.6. The molecule has 0 unspecified atom stereocenters. The Balaban J connectivity index is 1.75. The van der Waals surface area contributed by atoms with Crippen LogP contribution in [0.4, 0.5) is 0 Å². The number of epoxide rings is 1. The van der Waals surface area contributed by atoms with Crippen LogP contribution in [0.1, 0.15) is 11.1 Å². The Kier molecular flexibility index (Phi) is 3.38. The maximum atomic E-state index is 9.94. The Morgan fingerprint density at radius 2 is 1.89 bits per heavy atom. The van der Waals surface area contributed by atoms with Crippen molar-refractivity contribution in [3.8, 4) is 11.5 Å². The molecule has 0 amide bonds. The third-order valence-electron chi connectivity index (χ3n) is 3.15. The van der Waals surface area contributed by atoms with Crippen molar-refractivity contribution >= 4 is 0 Å². The van der Waals surface area contributed by atoms with E-state index >= 15 is 0 Å². The molecule has 0 aromatic heterocycles. The largest absolute Gasteiger partial charge is 0.504 e. The summed E-state index contributed by atoms with van der Waals surface area (Å²) in [4.78, 5) is 0. The predicted octanol–water partition coefficient (Wildman–Crippen LogP) is 2.91. The summed E-state index contributed by atoms with van der Waals surface area (Å²) >= 11 is 0. The minimum absolute atomic E-state index is 0.189. The first-order valence-corrected chi connectivity index (χ1v) is 6.42. The lowest BCUT2D eigenvalue weighted by Gasteiger charge is -2.12. The maximum Gasteiger partial charge on any atom is 0.164 e. The molecular weight excluding hydrogens is 240 g/mol. The standard InChI is InChI=1S/C16H16O3/c17-15-8-4-7-13(9-14-11-18-14)16(15)19-10-12-5-2-1-3-6-12/h1-8,14,17H,9-11H2/t14-/m0/s1. The Hall–Kier alpha value is -2.00. The summed E-state index contributed by atoms with van der Waals surface area (Å²) < 4.78 is 11.0. The van der Waals surface area contributed by atoms with E-state index in [0.29, 0.717) is 12.4 Å². The van der Waals surface area contributed by atoms with Gasteiger partial charge in [-0.25, -0.2) is 0 Å². The summed E-state index contributed by atoms with van der Waals surface area (Å²) in [5.74, 6) is 0.760. The van der Waals surface area contributed by atoms with Crippen LogP contribution in [0.3, 0.4) is 0 Å². The predicted molar refractivity (Wildman–Crippen MR) is 72.3 cm³/mol. The molecule has 1 saturated heterocycles. The molecule has 19 heavy (non-hydrogen) atoms. The first-order chi connectivity index (χ1) is 9.33. The molecule has 3 nitrogen and oxygen atoms in total. The normalized spacial score (nSPS) is 17.2. The van der Waals surface area contributed by atoms with Crippen LogP contribution in [0.5, 0.6) is 11.5 Å². The van der Waals surface area contributed by atoms with Crippen molar-refractivity contribution in [2.45, 2.75) is 19.1 Å². The van der Waals surface area contributed by atoms with E-state index < -0.39 is 0 Å². The number of hydrogen-bond donors (Lipinski definition) is 1. The maximum absolute atomic E-state index is 9.94. The van der Waals surface area contributed by atoms with Crippen molar-refractivity contribution in [2.24, 2.45) is 0 Å². The quantitative estimate of drug-likeness (QED) is 0.836. The second-order valence-corrected chi connectivity index (χ2v) is 4.70. The number of hydrogen-bond acceptors (Lipinski definition) is 3. The van der Waals surface area contributed by atoms with Gasteiger partial charge in [-0.15, -0.1) is 0 Å². The summed E-state index contributed by atoms with van der Waals surface area (Å²) in [7, 11) is 0. The smallest absolute Gasteiger partial charge is 0.164 e. The molecular formula is C16H16O3. The van der Waals surface area contributed by atoms with Crippen LogP contribution in [0.15, 0.2) is 48.5 Å². The highest BCUT2D eigenvalue weighted by atomic mass is 16.6. The van der Waals surface area contributed by atoms with Gasteiger partial charge in [0.05, 0.1) is 12.7 Å². The van der Waals surface area contributed by atoms with Crippen molar-refractivity contribution in [2.75, 3.05) is 6.61 Å². The van der Waals surface area contributed by atoms with Gasteiger partial charge in [-0.3, -0.25) is 0 Å². The molecule has 1 N–H and O–H groups in total. The molecule has 0 spiro atoms. The van der Waals surface area contributed by atoms with Crippen LogP contribution in [0.2, 0.25) is 0 Å². The van der Waals surface area contributed by atoms with E-state index in [-0.39, 0.29) is 11.9 Å². The summed E-state index contributed by atoms with van der Waals surface area (Å²) in [6.45, 7) is 1.25. The summed E-state index contributed by atoms with van der Waals surface area (Å²) in [5.41, 5.74) is 2.08. The van der Waals surface area contributed by atoms with Crippen LogP contribution in [-0.2, 0) is 17.8 Å². The lowest BCUT2D eigenvalue weighted by molar-refractivity contribution is 0.284. The molecule has 2 aromatic rings. The molecule has 1 heterocycles. The number of benzene rings is 2. The number of aromatic hydroxyl groups is 1. The van der Waals surface area contributed by atoms with Crippen LogP contribution in [0.25, 0.3) is 0 Å². The van der Waals surface area contributed by atoms with Crippen LogP contribution in [0, 0.1) is 0 Å². The molecule has 0 saturated carbocycles. The zero-order valence-corrected chi connectivity index (χ0v) is 10.6. The number of phenols is 1. The Morgan fingerprint density at radius 1 is 1.11 bits per heavy atom. The van der Waals surface area contributed by atoms with Gasteiger partial charge >= 0.3 is 0 Å². The van der Waals surface area contributed by atoms with E-state index in [1.54, 1.807) is 6.07 Å². The van der Waals surface area contributed by atoms with Gasteiger partial charge in [-0.2, -0.15) is 0 Å². The Morgan fingerprint density at radius 3 is 2.63 bits per heavy atom. The molecule has 1 aliphatic rings. The SMILES string of the molecule is Oc1cccc(C[C@H]2CO2)c1OCc1ccccc1. The van der Waals surface area contributed by atoms with E-state index in [1.807, 2.05) is 42.5 Å². The zero-order chi connectivity index (χ0) is 13.1. The molecule has 1 atom stereocenters. The Labute approximate surface area is 112 Å². The third-order valence-corrected chi connectivity index (χ3v) is 3.15. The molecule has 0 radical (unpaired) electrons. The van der Waals surface area contributed by atoms with Crippen LogP contribution >= 0.6 is 0 Å². The number of phenolic OH excluding ortho intramolecular Hbond substituents is 1. The molecule has 0 aliphatic carbocycles. The van der Waals surface area contributed by atoms with Gasteiger partial charge in [0.15, 0.2) is 11.5 Å². The monoisotopic (exact) mass is 256 g/mol. The van der Waals surface area contributed by atoms with Crippen molar-refractivity contribution in [1.29, 1.82) is 0 Å². The van der Waals surface area contributed by atoms with Gasteiger partial charge in [0, 0.05) is 12.0 Å². The minimum atomic E-state index is 0.189. The molecule has 1 aliphatic heterocycles. The highest BCUT2D eigenvalue weighted by Gasteiger charge is 2.25. The second kappa shape index (κ2) is 5.33. The van der Waals surface area contributed by atoms with Gasteiger partial charge in [0.1, 0.15) is 6.61 Å². The molecule has 3 rings (SSSR count). The van der Waals surface area contributed by atoms with E-state index in [4.69, 9.17) is 9.47 Å². The molecule has 1 fully saturated rings. The van der Waals surface area contributed by atoms with E-state index in [9.17, 15) is 5.11 Å². The summed E-state index contributed by atoms with van der Waals surface area (Å²) in [6.07, 6.45) is 1.07. The van der Waals surface area contributed by atoms with Gasteiger partial charge < -0.3 is 14.6 Å². The average Bonchev–Trinajstić information content (AvgIpc) is 3.23. The van der Waals surface area contributed by atoms with Crippen molar-refractivity contribution in [3.63, 3.8) is 0 Å². The highest BCUT2D eigenvalue weighted by molar-refractivity contribution is 5.46. The van der Waals surface area contributed by atoms with Gasteiger partial charge in [-0.05, 0) is 11.6 Å². The fourth-order valence-electron chi connectivity index (χ4n) is 2.06. The average molecular weight is 256 g/mol. The van der Waals surface area contributed by atoms with Crippen molar-refractivity contribution in [1.82, 2.24) is 0 Å². The summed E-state index contributed by atoms with van der Waals surface area (Å²) in [5, 5.41) is 9.94. The minimum Gasteiger partial charge on any atom is -0.504 e. The molecule has 3 heteroatoms. The first-order valence-electron chi connectivity index (χ1n) is 6.42. The van der Waals surface area contributed by atoms with Crippen LogP contribution in [-0.4, -0.2) is 17.8 Å². The third kappa shape index (κ3) is 3.06. The highest BCUT2D eigenvalue weighted by Crippen LogP contribution is 2.33. The fourth-order valence-corrected chi connectivity index (χ4v) is 2.06. The lowest BCUT2D eigenvalue weighted by atomic mass is 10.1. The topological polar surface area (TPSA) is 42.0 Å².